The van der Waals surface area contributed by atoms with E-state index in [2.05, 4.69) is 34.4 Å². The first-order chi connectivity index (χ1) is 14.1. The summed E-state index contributed by atoms with van der Waals surface area (Å²) in [5.41, 5.74) is 1.08. The first-order valence-corrected chi connectivity index (χ1v) is 10.4. The molecule has 1 heterocycles. The first-order valence-electron chi connectivity index (χ1n) is 10.4. The number of benzene rings is 1. The number of aliphatic imine (C=N–C) groups is 1. The summed E-state index contributed by atoms with van der Waals surface area (Å²) >= 11 is 0. The average molecular weight is 410 g/mol. The molecule has 0 aliphatic carbocycles. The van der Waals surface area contributed by atoms with Crippen LogP contribution in [0.15, 0.2) is 29.3 Å². The molecule has 2 rings (SSSR count). The van der Waals surface area contributed by atoms with Gasteiger partial charge in [0, 0.05) is 46.4 Å². The van der Waals surface area contributed by atoms with Crippen LogP contribution < -0.4 is 10.6 Å². The van der Waals surface area contributed by atoms with Gasteiger partial charge in [-0.1, -0.05) is 12.1 Å². The van der Waals surface area contributed by atoms with E-state index in [0.717, 1.165) is 57.4 Å². The van der Waals surface area contributed by atoms with Crippen molar-refractivity contribution in [2.45, 2.75) is 13.0 Å². The molecule has 1 unspecified atom stereocenters. The molecule has 0 amide bonds. The summed E-state index contributed by atoms with van der Waals surface area (Å²) in [6.45, 7) is 9.91. The Balaban J connectivity index is 1.99. The molecule has 0 aromatic heterocycles. The molecule has 1 aromatic carbocycles. The Morgan fingerprint density at radius 3 is 2.62 bits per heavy atom. The van der Waals surface area contributed by atoms with Gasteiger partial charge in [-0.05, 0) is 31.7 Å². The van der Waals surface area contributed by atoms with E-state index in [1.807, 2.05) is 12.1 Å². The minimum absolute atomic E-state index is 0.0966. The molecule has 7 nitrogen and oxygen atoms in total. The molecule has 0 spiro atoms. The van der Waals surface area contributed by atoms with Crippen LogP contribution in [-0.2, 0) is 9.47 Å². The second-order valence-corrected chi connectivity index (χ2v) is 7.16. The maximum atomic E-state index is 13.4. The molecule has 29 heavy (non-hydrogen) atoms. The van der Waals surface area contributed by atoms with Crippen LogP contribution in [0.25, 0.3) is 0 Å². The highest BCUT2D eigenvalue weighted by Gasteiger charge is 2.22. The molecule has 0 bridgehead atoms. The zero-order valence-electron chi connectivity index (χ0n) is 18.0. The van der Waals surface area contributed by atoms with E-state index in [1.54, 1.807) is 7.11 Å². The Morgan fingerprint density at radius 2 is 1.97 bits per heavy atom. The van der Waals surface area contributed by atoms with E-state index in [9.17, 15) is 4.39 Å². The van der Waals surface area contributed by atoms with Gasteiger partial charge in [-0.25, -0.2) is 4.39 Å². The average Bonchev–Trinajstić information content (AvgIpc) is 2.74. The number of nitrogens with zero attached hydrogens (tertiary/aromatic N) is 3. The van der Waals surface area contributed by atoms with Crippen LogP contribution in [0.2, 0.25) is 0 Å². The quantitative estimate of drug-likeness (QED) is 0.425. The monoisotopic (exact) mass is 409 g/mol. The Labute approximate surface area is 174 Å². The highest BCUT2D eigenvalue weighted by atomic mass is 19.1. The Bertz CT molecular complexity index is 593. The fourth-order valence-corrected chi connectivity index (χ4v) is 3.25. The minimum atomic E-state index is -0.217. The number of likely N-dealkylation sites (N-methyl/N-ethyl adjacent to an activating group) is 1. The normalized spacial score (nSPS) is 16.8. The van der Waals surface area contributed by atoms with Gasteiger partial charge in [0.1, 0.15) is 5.82 Å². The van der Waals surface area contributed by atoms with Gasteiger partial charge in [-0.3, -0.25) is 9.89 Å². The summed E-state index contributed by atoms with van der Waals surface area (Å²) in [5, 5.41) is 6.71. The first kappa shape index (κ1) is 23.5. The van der Waals surface area contributed by atoms with Gasteiger partial charge in [0.2, 0.25) is 0 Å². The lowest BCUT2D eigenvalue weighted by atomic mass is 10.0. The van der Waals surface area contributed by atoms with Crippen LogP contribution >= 0.6 is 0 Å². The third kappa shape index (κ3) is 8.65. The molecular formula is C21H36FN5O2. The number of halogens is 1. The Kier molecular flexibility index (Phi) is 10.9. The number of nitrogens with one attached hydrogen (secondary N) is 2. The van der Waals surface area contributed by atoms with Crippen molar-refractivity contribution in [3.8, 4) is 0 Å². The Morgan fingerprint density at radius 1 is 1.24 bits per heavy atom. The third-order valence-corrected chi connectivity index (χ3v) is 4.97. The lowest BCUT2D eigenvalue weighted by Crippen LogP contribution is -2.43. The van der Waals surface area contributed by atoms with Crippen molar-refractivity contribution < 1.29 is 13.9 Å². The molecule has 2 N–H and O–H groups in total. The number of guanidine groups is 1. The van der Waals surface area contributed by atoms with Crippen molar-refractivity contribution in [2.24, 2.45) is 4.99 Å². The van der Waals surface area contributed by atoms with Crippen molar-refractivity contribution in [3.05, 3.63) is 35.6 Å². The van der Waals surface area contributed by atoms with Crippen molar-refractivity contribution in [1.29, 1.82) is 0 Å². The van der Waals surface area contributed by atoms with Crippen molar-refractivity contribution in [3.63, 3.8) is 0 Å². The van der Waals surface area contributed by atoms with E-state index in [4.69, 9.17) is 14.5 Å². The van der Waals surface area contributed by atoms with E-state index in [-0.39, 0.29) is 11.9 Å². The molecule has 1 fully saturated rings. The molecule has 1 atom stereocenters. The van der Waals surface area contributed by atoms with Crippen LogP contribution in [0, 0.1) is 5.82 Å². The van der Waals surface area contributed by atoms with Gasteiger partial charge >= 0.3 is 0 Å². The fourth-order valence-electron chi connectivity index (χ4n) is 3.25. The molecular weight excluding hydrogens is 373 g/mol. The van der Waals surface area contributed by atoms with Crippen LogP contribution in [-0.4, -0.2) is 95.6 Å². The zero-order chi connectivity index (χ0) is 20.9. The zero-order valence-corrected chi connectivity index (χ0v) is 18.0. The number of rotatable bonds is 11. The number of hydrogen-bond donors (Lipinski definition) is 2. The van der Waals surface area contributed by atoms with Crippen molar-refractivity contribution in [1.82, 2.24) is 20.4 Å². The van der Waals surface area contributed by atoms with Gasteiger partial charge in [-0.2, -0.15) is 0 Å². The maximum Gasteiger partial charge on any atom is 0.191 e. The summed E-state index contributed by atoms with van der Waals surface area (Å²) in [6.07, 6.45) is 0. The summed E-state index contributed by atoms with van der Waals surface area (Å²) in [4.78, 5) is 9.40. The van der Waals surface area contributed by atoms with E-state index < -0.39 is 0 Å². The van der Waals surface area contributed by atoms with E-state index in [1.165, 1.54) is 12.1 Å². The number of hydrogen-bond acceptors (Lipinski definition) is 5. The van der Waals surface area contributed by atoms with E-state index >= 15 is 0 Å². The lowest BCUT2D eigenvalue weighted by Gasteiger charge is -2.34. The SMILES string of the molecule is CCNC(=NCC(c1ccc(F)cc1)N1CCOCC1)NCCN(C)CCOC. The van der Waals surface area contributed by atoms with Crippen LogP contribution in [0.3, 0.4) is 0 Å². The smallest absolute Gasteiger partial charge is 0.191 e. The standard InChI is InChI=1S/C21H36FN5O2/c1-4-23-21(24-9-10-26(2)11-14-28-3)25-17-20(27-12-15-29-16-13-27)18-5-7-19(22)8-6-18/h5-8,20H,4,9-17H2,1-3H3,(H2,23,24,25). The molecule has 1 aromatic rings. The van der Waals surface area contributed by atoms with Crippen molar-refractivity contribution >= 4 is 5.96 Å². The maximum absolute atomic E-state index is 13.4. The number of morpholine rings is 1. The van der Waals surface area contributed by atoms with Gasteiger partial charge < -0.3 is 25.0 Å². The topological polar surface area (TPSA) is 61.4 Å². The minimum Gasteiger partial charge on any atom is -0.383 e. The number of ether oxygens (including phenoxy) is 2. The molecule has 164 valence electrons. The predicted molar refractivity (Wildman–Crippen MR) is 115 cm³/mol. The largest absolute Gasteiger partial charge is 0.383 e. The van der Waals surface area contributed by atoms with Gasteiger partial charge in [-0.15, -0.1) is 0 Å². The second kappa shape index (κ2) is 13.5. The van der Waals surface area contributed by atoms with Crippen LogP contribution in [0.5, 0.6) is 0 Å². The lowest BCUT2D eigenvalue weighted by molar-refractivity contribution is 0.0179. The van der Waals surface area contributed by atoms with Gasteiger partial charge in [0.15, 0.2) is 5.96 Å². The summed E-state index contributed by atoms with van der Waals surface area (Å²) < 4.78 is 24.0. The molecule has 1 aliphatic heterocycles. The third-order valence-electron chi connectivity index (χ3n) is 4.97. The molecule has 0 saturated carbocycles. The summed E-state index contributed by atoms with van der Waals surface area (Å²) in [5.74, 6) is 0.582. The van der Waals surface area contributed by atoms with Crippen LogP contribution in [0.4, 0.5) is 4.39 Å². The highest BCUT2D eigenvalue weighted by Crippen LogP contribution is 2.22. The van der Waals surface area contributed by atoms with Gasteiger partial charge in [0.05, 0.1) is 32.4 Å². The molecule has 0 radical (unpaired) electrons. The van der Waals surface area contributed by atoms with E-state index in [0.29, 0.717) is 19.8 Å². The predicted octanol–water partition coefficient (Wildman–Crippen LogP) is 1.33. The van der Waals surface area contributed by atoms with Crippen molar-refractivity contribution in [2.75, 3.05) is 79.8 Å². The van der Waals surface area contributed by atoms with Gasteiger partial charge in [0.25, 0.3) is 0 Å². The fraction of sp³-hybridized carbons (Fsp3) is 0.667. The summed E-state index contributed by atoms with van der Waals surface area (Å²) in [7, 11) is 3.79. The highest BCUT2D eigenvalue weighted by molar-refractivity contribution is 5.79. The molecule has 1 saturated heterocycles. The molecule has 8 heteroatoms. The van der Waals surface area contributed by atoms with Crippen LogP contribution in [0.1, 0.15) is 18.5 Å². The number of methoxy groups -OCH3 is 1. The Hall–Kier alpha value is -1.74. The molecule has 1 aliphatic rings. The summed E-state index contributed by atoms with van der Waals surface area (Å²) in [6, 6.07) is 6.85. The second-order valence-electron chi connectivity index (χ2n) is 7.16.